The second-order valence-corrected chi connectivity index (χ2v) is 11.9. The first-order valence-corrected chi connectivity index (χ1v) is 13.9. The van der Waals surface area contributed by atoms with Crippen molar-refractivity contribution in [3.63, 3.8) is 0 Å². The van der Waals surface area contributed by atoms with E-state index in [1.807, 2.05) is 4.90 Å². The summed E-state index contributed by atoms with van der Waals surface area (Å²) in [5.74, 6) is 0.816. The first kappa shape index (κ1) is 27.8. The highest BCUT2D eigenvalue weighted by Gasteiger charge is 2.57. The van der Waals surface area contributed by atoms with Crippen LogP contribution in [-0.4, -0.2) is 55.4 Å². The third kappa shape index (κ3) is 5.24. The number of carbonyl (C=O) groups excluding carboxylic acids is 2. The number of piperidine rings is 1. The Hall–Kier alpha value is -2.74. The third-order valence-electron chi connectivity index (χ3n) is 9.08. The van der Waals surface area contributed by atoms with Gasteiger partial charge in [-0.15, -0.1) is 0 Å². The number of halogens is 4. The topological polar surface area (TPSA) is 49.9 Å². The summed E-state index contributed by atoms with van der Waals surface area (Å²) in [6, 6.07) is 10.7. The van der Waals surface area contributed by atoms with Crippen molar-refractivity contribution in [1.29, 1.82) is 0 Å². The highest BCUT2D eigenvalue weighted by atomic mass is 35.5. The van der Waals surface area contributed by atoms with Crippen molar-refractivity contribution in [2.45, 2.75) is 56.5 Å². The van der Waals surface area contributed by atoms with Crippen LogP contribution in [0.2, 0.25) is 5.02 Å². The number of ether oxygens (including phenoxy) is 1. The molecule has 2 amide bonds. The van der Waals surface area contributed by atoms with Gasteiger partial charge in [0.25, 0.3) is 5.91 Å². The smallest absolute Gasteiger partial charge is 0.416 e. The lowest BCUT2D eigenvalue weighted by atomic mass is 9.62. The first-order valence-electron chi connectivity index (χ1n) is 13.6. The molecule has 1 saturated heterocycles. The van der Waals surface area contributed by atoms with Gasteiger partial charge in [-0.2, -0.15) is 13.2 Å². The Morgan fingerprint density at radius 3 is 2.36 bits per heavy atom. The lowest BCUT2D eigenvalue weighted by molar-refractivity contribution is -0.146. The van der Waals surface area contributed by atoms with Crippen LogP contribution in [0.1, 0.15) is 66.4 Å². The average molecular weight is 563 g/mol. The Labute approximate surface area is 232 Å². The molecule has 0 N–H and O–H groups in total. The molecule has 5 rings (SSSR count). The first-order chi connectivity index (χ1) is 18.5. The predicted octanol–water partition coefficient (Wildman–Crippen LogP) is 6.58. The van der Waals surface area contributed by atoms with E-state index in [4.69, 9.17) is 16.3 Å². The van der Waals surface area contributed by atoms with Crippen LogP contribution in [0.25, 0.3) is 0 Å². The van der Waals surface area contributed by atoms with Gasteiger partial charge in [-0.3, -0.25) is 9.59 Å². The molecule has 5 nitrogen and oxygen atoms in total. The van der Waals surface area contributed by atoms with Gasteiger partial charge in [0.2, 0.25) is 5.91 Å². The number of hydrogen-bond donors (Lipinski definition) is 0. The molecule has 1 unspecified atom stereocenters. The van der Waals surface area contributed by atoms with Crippen LogP contribution in [0.4, 0.5) is 13.2 Å². The van der Waals surface area contributed by atoms with Crippen molar-refractivity contribution in [1.82, 2.24) is 9.80 Å². The van der Waals surface area contributed by atoms with E-state index in [1.165, 1.54) is 17.0 Å². The summed E-state index contributed by atoms with van der Waals surface area (Å²) >= 11 is 6.28. The summed E-state index contributed by atoms with van der Waals surface area (Å²) in [5.41, 5.74) is -0.983. The third-order valence-corrected chi connectivity index (χ3v) is 9.39. The van der Waals surface area contributed by atoms with Crippen molar-refractivity contribution in [2.75, 3.05) is 33.8 Å². The lowest BCUT2D eigenvalue weighted by Gasteiger charge is -2.46. The minimum atomic E-state index is -4.48. The van der Waals surface area contributed by atoms with Crippen LogP contribution in [0.3, 0.4) is 0 Å². The molecule has 1 atom stereocenters. The molecule has 1 spiro atoms. The monoisotopic (exact) mass is 562 g/mol. The number of nitrogens with zero attached hydrogens (tertiary/aromatic N) is 2. The van der Waals surface area contributed by atoms with Gasteiger partial charge < -0.3 is 14.5 Å². The molecule has 210 valence electrons. The van der Waals surface area contributed by atoms with Gasteiger partial charge in [-0.1, -0.05) is 36.2 Å². The molecule has 0 bridgehead atoms. The van der Waals surface area contributed by atoms with Gasteiger partial charge in [-0.05, 0) is 79.7 Å². The number of carbonyl (C=O) groups is 2. The van der Waals surface area contributed by atoms with E-state index in [2.05, 4.69) is 0 Å². The number of hydrogen-bond acceptors (Lipinski definition) is 3. The molecule has 9 heteroatoms. The summed E-state index contributed by atoms with van der Waals surface area (Å²) < 4.78 is 47.2. The van der Waals surface area contributed by atoms with Gasteiger partial charge in [0.15, 0.2) is 0 Å². The van der Waals surface area contributed by atoms with Crippen LogP contribution in [0.5, 0.6) is 5.75 Å². The van der Waals surface area contributed by atoms with Gasteiger partial charge >= 0.3 is 6.18 Å². The largest absolute Gasteiger partial charge is 0.494 e. The Morgan fingerprint density at radius 2 is 1.77 bits per heavy atom. The standard InChI is InChI=1S/C30H34ClF3N2O3/c1-35(2)26(37)22-9-8-21(18-25(22)31)39-17-10-20-19-28(20)13-15-36(16-14-28)27(38)29(11-5-12-29)23-6-3-4-7-24(23)30(32,33)34/h3-4,6-9,18,20H,5,10-17,19H2,1-2H3. The van der Waals surface area contributed by atoms with E-state index >= 15 is 0 Å². The SMILES string of the molecule is CN(C)C(=O)c1ccc(OCCC2CC23CCN(C(=O)C2(c4ccccc4C(F)(F)F)CCC2)CC3)cc1Cl. The zero-order valence-corrected chi connectivity index (χ0v) is 23.1. The van der Waals surface area contributed by atoms with Crippen molar-refractivity contribution >= 4 is 23.4 Å². The highest BCUT2D eigenvalue weighted by molar-refractivity contribution is 6.34. The van der Waals surface area contributed by atoms with E-state index in [0.717, 1.165) is 38.2 Å². The van der Waals surface area contributed by atoms with Crippen molar-refractivity contribution < 1.29 is 27.5 Å². The van der Waals surface area contributed by atoms with Crippen LogP contribution in [0.15, 0.2) is 42.5 Å². The van der Waals surface area contributed by atoms with E-state index in [1.54, 1.807) is 38.4 Å². The molecule has 2 saturated carbocycles. The molecule has 1 aliphatic heterocycles. The Kier molecular flexibility index (Phi) is 7.38. The van der Waals surface area contributed by atoms with Crippen molar-refractivity contribution in [2.24, 2.45) is 11.3 Å². The number of likely N-dealkylation sites (tertiary alicyclic amines) is 1. The van der Waals surface area contributed by atoms with Gasteiger partial charge in [0.1, 0.15) is 5.75 Å². The summed E-state index contributed by atoms with van der Waals surface area (Å²) in [7, 11) is 3.35. The van der Waals surface area contributed by atoms with E-state index in [9.17, 15) is 22.8 Å². The normalized spacial score (nSPS) is 21.3. The Bertz CT molecular complexity index is 1250. The highest BCUT2D eigenvalue weighted by Crippen LogP contribution is 2.61. The lowest BCUT2D eigenvalue weighted by Crippen LogP contribution is -2.54. The molecule has 39 heavy (non-hydrogen) atoms. The number of alkyl halides is 3. The quantitative estimate of drug-likeness (QED) is 0.383. The van der Waals surface area contributed by atoms with Crippen molar-refractivity contribution in [3.05, 3.63) is 64.2 Å². The maximum absolute atomic E-state index is 13.7. The molecular formula is C30H34ClF3N2O3. The second kappa shape index (κ2) is 10.3. The molecule has 2 aromatic rings. The van der Waals surface area contributed by atoms with E-state index in [-0.39, 0.29) is 22.8 Å². The number of rotatable bonds is 7. The molecule has 2 aromatic carbocycles. The number of amides is 2. The van der Waals surface area contributed by atoms with Gasteiger partial charge in [0.05, 0.1) is 28.2 Å². The summed E-state index contributed by atoms with van der Waals surface area (Å²) in [6.45, 7) is 1.70. The predicted molar refractivity (Wildman–Crippen MR) is 143 cm³/mol. The molecule has 0 aromatic heterocycles. The Balaban J connectivity index is 1.15. The Morgan fingerprint density at radius 1 is 1.08 bits per heavy atom. The zero-order chi connectivity index (χ0) is 28.0. The fraction of sp³-hybridized carbons (Fsp3) is 0.533. The maximum Gasteiger partial charge on any atom is 0.416 e. The molecule has 2 aliphatic carbocycles. The maximum atomic E-state index is 13.7. The van der Waals surface area contributed by atoms with Crippen LogP contribution in [-0.2, 0) is 16.4 Å². The molecular weight excluding hydrogens is 529 g/mol. The minimum Gasteiger partial charge on any atom is -0.494 e. The summed E-state index contributed by atoms with van der Waals surface area (Å²) in [5, 5.41) is 0.355. The number of benzene rings is 2. The van der Waals surface area contributed by atoms with Crippen molar-refractivity contribution in [3.8, 4) is 5.75 Å². The van der Waals surface area contributed by atoms with Crippen LogP contribution < -0.4 is 4.74 Å². The fourth-order valence-electron chi connectivity index (χ4n) is 6.51. The molecule has 1 heterocycles. The summed E-state index contributed by atoms with van der Waals surface area (Å²) in [6.07, 6.45) is 0.915. The molecule has 3 aliphatic rings. The van der Waals surface area contributed by atoms with Gasteiger partial charge in [0, 0.05) is 27.2 Å². The van der Waals surface area contributed by atoms with E-state index < -0.39 is 17.2 Å². The molecule has 0 radical (unpaired) electrons. The van der Waals surface area contributed by atoms with Crippen LogP contribution >= 0.6 is 11.6 Å². The summed E-state index contributed by atoms with van der Waals surface area (Å²) in [4.78, 5) is 29.1. The average Bonchev–Trinajstić information content (AvgIpc) is 3.54. The van der Waals surface area contributed by atoms with Gasteiger partial charge in [-0.25, -0.2) is 0 Å². The van der Waals surface area contributed by atoms with E-state index in [0.29, 0.717) is 54.8 Å². The molecule has 3 fully saturated rings. The zero-order valence-electron chi connectivity index (χ0n) is 22.3. The minimum absolute atomic E-state index is 0.134. The fourth-order valence-corrected chi connectivity index (χ4v) is 6.76. The van der Waals surface area contributed by atoms with Crippen LogP contribution in [0, 0.1) is 11.3 Å². The second-order valence-electron chi connectivity index (χ2n) is 11.5.